The second-order valence-corrected chi connectivity index (χ2v) is 10.1. The first kappa shape index (κ1) is 24.4. The van der Waals surface area contributed by atoms with Gasteiger partial charge in [0.1, 0.15) is 11.1 Å². The molecule has 0 N–H and O–H groups in total. The van der Waals surface area contributed by atoms with Crippen LogP contribution < -0.4 is 4.90 Å². The molecule has 34 heavy (non-hydrogen) atoms. The molecule has 11 heteroatoms. The van der Waals surface area contributed by atoms with E-state index >= 15 is 0 Å². The van der Waals surface area contributed by atoms with Gasteiger partial charge in [-0.3, -0.25) is 9.59 Å². The maximum absolute atomic E-state index is 13.8. The summed E-state index contributed by atoms with van der Waals surface area (Å²) in [5, 5.41) is 8.25. The number of hydrogen-bond acceptors (Lipinski definition) is 5. The summed E-state index contributed by atoms with van der Waals surface area (Å²) in [6, 6.07) is 15.5. The summed E-state index contributed by atoms with van der Waals surface area (Å²) >= 11 is 7.32. The summed E-state index contributed by atoms with van der Waals surface area (Å²) in [5.41, 5.74) is -1.06. The summed E-state index contributed by atoms with van der Waals surface area (Å²) < 4.78 is 42.6. The highest BCUT2D eigenvalue weighted by Gasteiger charge is 2.43. The van der Waals surface area contributed by atoms with Gasteiger partial charge in [0.25, 0.3) is 0 Å². The van der Waals surface area contributed by atoms with E-state index in [2.05, 4.69) is 36.8 Å². The smallest absolute Gasteiger partial charge is 0.274 e. The number of amides is 2. The number of carbonyl (C=O) groups excluding carboxylic acids is 2. The third-order valence-electron chi connectivity index (χ3n) is 4.98. The van der Waals surface area contributed by atoms with E-state index in [4.69, 9.17) is 0 Å². The van der Waals surface area contributed by atoms with Crippen molar-refractivity contribution in [1.29, 1.82) is 5.26 Å². The van der Waals surface area contributed by atoms with Crippen molar-refractivity contribution in [2.24, 2.45) is 0 Å². The fourth-order valence-corrected chi connectivity index (χ4v) is 5.79. The van der Waals surface area contributed by atoms with Gasteiger partial charge in [0.05, 0.1) is 27.8 Å². The number of hydrogen-bond donors (Lipinski definition) is 0. The van der Waals surface area contributed by atoms with Gasteiger partial charge in [0.2, 0.25) is 11.8 Å². The lowest BCUT2D eigenvalue weighted by Gasteiger charge is -2.18. The summed E-state index contributed by atoms with van der Waals surface area (Å²) in [7, 11) is 0. The van der Waals surface area contributed by atoms with Gasteiger partial charge in [-0.1, -0.05) is 58.0 Å². The summed E-state index contributed by atoms with van der Waals surface area (Å²) in [5.74, 6) is -1.10. The first-order valence-electron chi connectivity index (χ1n) is 9.66. The summed E-state index contributed by atoms with van der Waals surface area (Å²) in [6.07, 6.45) is -5.05. The van der Waals surface area contributed by atoms with E-state index < -0.39 is 34.4 Å². The topological polar surface area (TPSA) is 74.1 Å². The second-order valence-electron chi connectivity index (χ2n) is 7.18. The number of pyridine rings is 1. The molecule has 3 aromatic rings. The first-order valence-corrected chi connectivity index (χ1v) is 12.1. The number of halogens is 5. The number of aromatic nitrogens is 1. The van der Waals surface area contributed by atoms with E-state index in [0.717, 1.165) is 15.4 Å². The van der Waals surface area contributed by atoms with Crippen LogP contribution >= 0.6 is 43.6 Å². The number of imide groups is 1. The van der Waals surface area contributed by atoms with Gasteiger partial charge < -0.3 is 0 Å². The molecule has 1 aliphatic heterocycles. The normalized spacial score (nSPS) is 16.1. The highest BCUT2D eigenvalue weighted by atomic mass is 79.9. The summed E-state index contributed by atoms with van der Waals surface area (Å²) in [6.45, 7) is 0. The van der Waals surface area contributed by atoms with Crippen LogP contribution in [-0.2, 0) is 15.8 Å². The Hall–Kier alpha value is -2.68. The maximum atomic E-state index is 13.8. The zero-order valence-corrected chi connectivity index (χ0v) is 20.9. The highest BCUT2D eigenvalue weighted by Crippen LogP contribution is 2.42. The fraction of sp³-hybridized carbons (Fsp3) is 0.130. The van der Waals surface area contributed by atoms with Crippen LogP contribution in [0.15, 0.2) is 68.6 Å². The molecular formula is C23H12Br2F3N3O2S. The Kier molecular flexibility index (Phi) is 6.85. The van der Waals surface area contributed by atoms with Crippen LogP contribution in [0.1, 0.15) is 17.5 Å². The minimum absolute atomic E-state index is 0.0127. The van der Waals surface area contributed by atoms with Crippen LogP contribution in [0.5, 0.6) is 0 Å². The SMILES string of the molecule is N#Cc1c(C(F)(F)F)cc(-c2ccccc2)nc1S[C@H]1CC(=O)N(c2ccc(Br)cc2Br)C1=O. The number of alkyl halides is 3. The second kappa shape index (κ2) is 9.52. The zero-order chi connectivity index (χ0) is 24.6. The lowest BCUT2D eigenvalue weighted by Crippen LogP contribution is -2.31. The molecule has 1 fully saturated rings. The lowest BCUT2D eigenvalue weighted by molar-refractivity contribution is -0.138. The predicted octanol–water partition coefficient (Wildman–Crippen LogP) is 6.59. The van der Waals surface area contributed by atoms with Crippen LogP contribution in [0.2, 0.25) is 0 Å². The van der Waals surface area contributed by atoms with E-state index in [0.29, 0.717) is 27.5 Å². The van der Waals surface area contributed by atoms with Crippen LogP contribution in [0, 0.1) is 11.3 Å². The van der Waals surface area contributed by atoms with E-state index in [9.17, 15) is 28.0 Å². The lowest BCUT2D eigenvalue weighted by atomic mass is 10.1. The maximum Gasteiger partial charge on any atom is 0.417 e. The number of carbonyl (C=O) groups is 2. The van der Waals surface area contributed by atoms with Crippen LogP contribution in [0.25, 0.3) is 11.3 Å². The number of nitriles is 1. The molecular weight excluding hydrogens is 599 g/mol. The van der Waals surface area contributed by atoms with Crippen molar-refractivity contribution < 1.29 is 22.8 Å². The molecule has 4 rings (SSSR count). The fourth-order valence-electron chi connectivity index (χ4n) is 3.44. The van der Waals surface area contributed by atoms with Crippen LogP contribution in [0.4, 0.5) is 18.9 Å². The molecule has 0 saturated carbocycles. The molecule has 1 aliphatic rings. The van der Waals surface area contributed by atoms with Gasteiger partial charge in [-0.05, 0) is 40.2 Å². The highest BCUT2D eigenvalue weighted by molar-refractivity contribution is 9.11. The van der Waals surface area contributed by atoms with Crippen molar-refractivity contribution in [2.75, 3.05) is 4.90 Å². The summed E-state index contributed by atoms with van der Waals surface area (Å²) in [4.78, 5) is 31.1. The van der Waals surface area contributed by atoms with Crippen molar-refractivity contribution in [3.05, 3.63) is 74.7 Å². The predicted molar refractivity (Wildman–Crippen MR) is 128 cm³/mol. The Labute approximate surface area is 213 Å². The van der Waals surface area contributed by atoms with Crippen molar-refractivity contribution in [1.82, 2.24) is 4.98 Å². The number of nitrogens with zero attached hydrogens (tertiary/aromatic N) is 3. The number of thioether (sulfide) groups is 1. The van der Waals surface area contributed by atoms with Crippen molar-refractivity contribution in [3.8, 4) is 17.3 Å². The molecule has 1 aromatic heterocycles. The Morgan fingerprint density at radius 3 is 2.41 bits per heavy atom. The van der Waals surface area contributed by atoms with Gasteiger partial charge in [-0.25, -0.2) is 9.88 Å². The minimum atomic E-state index is -4.81. The molecule has 0 radical (unpaired) electrons. The molecule has 5 nitrogen and oxygen atoms in total. The van der Waals surface area contributed by atoms with Crippen LogP contribution in [0.3, 0.4) is 0 Å². The third kappa shape index (κ3) is 4.76. The van der Waals surface area contributed by atoms with Gasteiger partial charge in [0, 0.05) is 20.9 Å². The molecule has 2 amide bonds. The molecule has 172 valence electrons. The van der Waals surface area contributed by atoms with E-state index in [1.54, 1.807) is 54.6 Å². The largest absolute Gasteiger partial charge is 0.417 e. The molecule has 0 bridgehead atoms. The first-order chi connectivity index (χ1) is 16.1. The van der Waals surface area contributed by atoms with Crippen molar-refractivity contribution in [2.45, 2.75) is 22.9 Å². The van der Waals surface area contributed by atoms with Gasteiger partial charge in [-0.2, -0.15) is 18.4 Å². The van der Waals surface area contributed by atoms with Crippen LogP contribution in [-0.4, -0.2) is 22.0 Å². The Morgan fingerprint density at radius 1 is 1.09 bits per heavy atom. The average molecular weight is 611 g/mol. The molecule has 1 atom stereocenters. The molecule has 2 heterocycles. The van der Waals surface area contributed by atoms with E-state index in [1.807, 2.05) is 0 Å². The molecule has 0 unspecified atom stereocenters. The molecule has 0 aliphatic carbocycles. The quantitative estimate of drug-likeness (QED) is 0.312. The zero-order valence-electron chi connectivity index (χ0n) is 16.9. The number of benzene rings is 2. The number of anilines is 1. The standard InChI is InChI=1S/C23H12Br2F3N3O2S/c24-13-6-7-18(16(25)8-13)31-20(32)10-19(22(31)33)34-21-14(11-29)15(23(26,27)28)9-17(30-21)12-4-2-1-3-5-12/h1-9,19H,10H2/t19-/m0/s1. The number of rotatable bonds is 4. The van der Waals surface area contributed by atoms with Crippen molar-refractivity contribution >= 4 is 61.1 Å². The molecule has 1 saturated heterocycles. The Bertz CT molecular complexity index is 1340. The van der Waals surface area contributed by atoms with Gasteiger partial charge in [0.15, 0.2) is 0 Å². The van der Waals surface area contributed by atoms with E-state index in [-0.39, 0.29) is 17.1 Å². The Morgan fingerprint density at radius 2 is 1.79 bits per heavy atom. The van der Waals surface area contributed by atoms with Gasteiger partial charge in [-0.15, -0.1) is 0 Å². The van der Waals surface area contributed by atoms with E-state index in [1.165, 1.54) is 0 Å². The van der Waals surface area contributed by atoms with Crippen molar-refractivity contribution in [3.63, 3.8) is 0 Å². The third-order valence-corrected chi connectivity index (χ3v) is 7.28. The monoisotopic (exact) mass is 609 g/mol. The van der Waals surface area contributed by atoms with Gasteiger partial charge >= 0.3 is 6.18 Å². The Balaban J connectivity index is 1.75. The minimum Gasteiger partial charge on any atom is -0.274 e. The average Bonchev–Trinajstić information content (AvgIpc) is 3.06. The molecule has 0 spiro atoms. The molecule has 2 aromatic carbocycles.